The van der Waals surface area contributed by atoms with Crippen molar-refractivity contribution in [1.82, 2.24) is 0 Å². The summed E-state index contributed by atoms with van der Waals surface area (Å²) in [6, 6.07) is 4.71. The Kier molecular flexibility index (Phi) is 3.61. The average molecular weight is 303 g/mol. The van der Waals surface area contributed by atoms with Crippen LogP contribution in [0.1, 0.15) is 12.0 Å². The summed E-state index contributed by atoms with van der Waals surface area (Å²) in [6.45, 7) is 1.86. The van der Waals surface area contributed by atoms with Gasteiger partial charge in [-0.1, -0.05) is 6.07 Å². The minimum absolute atomic E-state index is 0.107. The predicted molar refractivity (Wildman–Crippen MR) is 75.0 cm³/mol. The predicted octanol–water partition coefficient (Wildman–Crippen LogP) is 0.998. The maximum absolute atomic E-state index is 11.5. The van der Waals surface area contributed by atoms with Gasteiger partial charge in [0.2, 0.25) is 0 Å². The first-order valence-electron chi connectivity index (χ1n) is 5.95. The smallest absolute Gasteiger partial charge is 0.175 e. The standard InChI is InChI=1S/C12H17NO4S2/c1-9-3-4-11(18(2,14)15)7-12(9)13-10-5-6-19(16,17)8-10/h3-4,7,10,13H,5-6,8H2,1-2H3. The molecule has 0 amide bonds. The Morgan fingerprint density at radius 1 is 1.32 bits per heavy atom. The minimum atomic E-state index is -3.26. The quantitative estimate of drug-likeness (QED) is 0.901. The van der Waals surface area contributed by atoms with Crippen molar-refractivity contribution in [1.29, 1.82) is 0 Å². The largest absolute Gasteiger partial charge is 0.381 e. The van der Waals surface area contributed by atoms with Gasteiger partial charge in [-0.15, -0.1) is 0 Å². The first-order valence-corrected chi connectivity index (χ1v) is 9.66. The van der Waals surface area contributed by atoms with Gasteiger partial charge in [-0.05, 0) is 31.0 Å². The molecule has 1 aromatic rings. The van der Waals surface area contributed by atoms with Crippen molar-refractivity contribution >= 4 is 25.4 Å². The third-order valence-electron chi connectivity index (χ3n) is 3.23. The summed E-state index contributed by atoms with van der Waals surface area (Å²) in [5, 5.41) is 3.13. The SMILES string of the molecule is Cc1ccc(S(C)(=O)=O)cc1NC1CCS(=O)(=O)C1. The number of hydrogen-bond acceptors (Lipinski definition) is 5. The summed E-state index contributed by atoms with van der Waals surface area (Å²) in [5.74, 6) is 0.297. The van der Waals surface area contributed by atoms with Crippen LogP contribution in [0.3, 0.4) is 0 Å². The number of anilines is 1. The number of aryl methyl sites for hydroxylation is 1. The molecule has 1 aliphatic rings. The van der Waals surface area contributed by atoms with Crippen molar-refractivity contribution in [3.8, 4) is 0 Å². The average Bonchev–Trinajstić information content (AvgIpc) is 2.60. The first kappa shape index (κ1) is 14.3. The topological polar surface area (TPSA) is 80.3 Å². The second kappa shape index (κ2) is 4.79. The molecule has 7 heteroatoms. The van der Waals surface area contributed by atoms with Gasteiger partial charge in [-0.3, -0.25) is 0 Å². The van der Waals surface area contributed by atoms with E-state index < -0.39 is 19.7 Å². The summed E-state index contributed by atoms with van der Waals surface area (Å²) < 4.78 is 45.8. The molecule has 1 aromatic carbocycles. The Bertz CT molecular complexity index is 692. The highest BCUT2D eigenvalue weighted by molar-refractivity contribution is 7.91. The molecule has 1 N–H and O–H groups in total. The second-order valence-electron chi connectivity index (χ2n) is 4.99. The second-order valence-corrected chi connectivity index (χ2v) is 9.24. The molecule has 2 rings (SSSR count). The highest BCUT2D eigenvalue weighted by atomic mass is 32.2. The maximum Gasteiger partial charge on any atom is 0.175 e. The molecule has 0 aliphatic carbocycles. The summed E-state index contributed by atoms with van der Waals surface area (Å²) >= 11 is 0. The van der Waals surface area contributed by atoms with Gasteiger partial charge in [0.05, 0.1) is 16.4 Å². The van der Waals surface area contributed by atoms with Gasteiger partial charge in [0.15, 0.2) is 19.7 Å². The van der Waals surface area contributed by atoms with E-state index in [1.165, 1.54) is 0 Å². The van der Waals surface area contributed by atoms with Crippen LogP contribution in [-0.4, -0.2) is 40.6 Å². The van der Waals surface area contributed by atoms with Crippen LogP contribution in [0.15, 0.2) is 23.1 Å². The van der Waals surface area contributed by atoms with Crippen molar-refractivity contribution in [2.24, 2.45) is 0 Å². The molecule has 1 unspecified atom stereocenters. The zero-order valence-corrected chi connectivity index (χ0v) is 12.5. The van der Waals surface area contributed by atoms with Crippen LogP contribution < -0.4 is 5.32 Å². The number of benzene rings is 1. The normalized spacial score (nSPS) is 22.3. The molecular formula is C12H17NO4S2. The fourth-order valence-electron chi connectivity index (χ4n) is 2.12. The lowest BCUT2D eigenvalue weighted by molar-refractivity contribution is 0.600. The van der Waals surface area contributed by atoms with Crippen molar-refractivity contribution in [2.75, 3.05) is 23.1 Å². The lowest BCUT2D eigenvalue weighted by Crippen LogP contribution is -2.21. The third kappa shape index (κ3) is 3.48. The monoisotopic (exact) mass is 303 g/mol. The van der Waals surface area contributed by atoms with Crippen LogP contribution in [0.5, 0.6) is 0 Å². The zero-order chi connectivity index (χ0) is 14.3. The van der Waals surface area contributed by atoms with Crippen LogP contribution in [0.4, 0.5) is 5.69 Å². The molecule has 19 heavy (non-hydrogen) atoms. The summed E-state index contributed by atoms with van der Waals surface area (Å²) in [7, 11) is -6.20. The number of nitrogens with one attached hydrogen (secondary N) is 1. The lowest BCUT2D eigenvalue weighted by atomic mass is 10.1. The fraction of sp³-hybridized carbons (Fsp3) is 0.500. The molecule has 0 spiro atoms. The van der Waals surface area contributed by atoms with Gasteiger partial charge >= 0.3 is 0 Å². The van der Waals surface area contributed by atoms with E-state index in [-0.39, 0.29) is 22.4 Å². The molecule has 0 aromatic heterocycles. The van der Waals surface area contributed by atoms with Gasteiger partial charge in [-0.2, -0.15) is 0 Å². The molecule has 0 bridgehead atoms. The molecule has 106 valence electrons. The minimum Gasteiger partial charge on any atom is -0.381 e. The Morgan fingerprint density at radius 2 is 2.00 bits per heavy atom. The van der Waals surface area contributed by atoms with Crippen molar-refractivity contribution < 1.29 is 16.8 Å². The molecule has 1 atom stereocenters. The summed E-state index contributed by atoms with van der Waals surface area (Å²) in [5.41, 5.74) is 1.58. The van der Waals surface area contributed by atoms with E-state index in [2.05, 4.69) is 5.32 Å². The number of sulfone groups is 2. The molecule has 0 radical (unpaired) electrons. The van der Waals surface area contributed by atoms with Crippen molar-refractivity contribution in [3.63, 3.8) is 0 Å². The molecule has 5 nitrogen and oxygen atoms in total. The molecule has 1 aliphatic heterocycles. The van der Waals surface area contributed by atoms with E-state index >= 15 is 0 Å². The fourth-order valence-corrected chi connectivity index (χ4v) is 4.44. The van der Waals surface area contributed by atoms with Gasteiger partial charge in [0.25, 0.3) is 0 Å². The highest BCUT2D eigenvalue weighted by Crippen LogP contribution is 2.23. The van der Waals surface area contributed by atoms with Gasteiger partial charge < -0.3 is 5.32 Å². The highest BCUT2D eigenvalue weighted by Gasteiger charge is 2.28. The van der Waals surface area contributed by atoms with Crippen LogP contribution in [0.25, 0.3) is 0 Å². The van der Waals surface area contributed by atoms with Crippen LogP contribution in [0.2, 0.25) is 0 Å². The Hall–Kier alpha value is -1.08. The van der Waals surface area contributed by atoms with Gasteiger partial charge in [-0.25, -0.2) is 16.8 Å². The van der Waals surface area contributed by atoms with E-state index in [1.54, 1.807) is 18.2 Å². The van der Waals surface area contributed by atoms with E-state index in [1.807, 2.05) is 6.92 Å². The van der Waals surface area contributed by atoms with Crippen LogP contribution in [0, 0.1) is 6.92 Å². The molecule has 1 fully saturated rings. The first-order chi connectivity index (χ1) is 8.67. The Balaban J connectivity index is 2.26. The van der Waals surface area contributed by atoms with Gasteiger partial charge in [0, 0.05) is 18.0 Å². The van der Waals surface area contributed by atoms with Gasteiger partial charge in [0.1, 0.15) is 0 Å². The number of hydrogen-bond donors (Lipinski definition) is 1. The van der Waals surface area contributed by atoms with Crippen LogP contribution >= 0.6 is 0 Å². The summed E-state index contributed by atoms with van der Waals surface area (Å²) in [6.07, 6.45) is 1.71. The molecule has 1 saturated heterocycles. The molecular weight excluding hydrogens is 286 g/mol. The number of rotatable bonds is 3. The van der Waals surface area contributed by atoms with Crippen molar-refractivity contribution in [3.05, 3.63) is 23.8 Å². The molecule has 1 heterocycles. The Labute approximate surface area is 113 Å². The summed E-state index contributed by atoms with van der Waals surface area (Å²) in [4.78, 5) is 0.237. The van der Waals surface area contributed by atoms with Crippen molar-refractivity contribution in [2.45, 2.75) is 24.3 Å². The third-order valence-corrected chi connectivity index (χ3v) is 6.11. The van der Waals surface area contributed by atoms with E-state index in [4.69, 9.17) is 0 Å². The zero-order valence-electron chi connectivity index (χ0n) is 10.9. The van der Waals surface area contributed by atoms with E-state index in [9.17, 15) is 16.8 Å². The van der Waals surface area contributed by atoms with E-state index in [0.29, 0.717) is 12.1 Å². The Morgan fingerprint density at radius 3 is 2.53 bits per heavy atom. The molecule has 0 saturated carbocycles. The maximum atomic E-state index is 11.5. The van der Waals surface area contributed by atoms with E-state index in [0.717, 1.165) is 11.8 Å². The lowest BCUT2D eigenvalue weighted by Gasteiger charge is -2.15. The van der Waals surface area contributed by atoms with Crippen LogP contribution in [-0.2, 0) is 19.7 Å².